The molecular weight excluding hydrogens is 413 g/mol. The molecule has 1 fully saturated rings. The van der Waals surface area contributed by atoms with Crippen molar-refractivity contribution < 1.29 is 18.7 Å². The number of halogens is 1. The van der Waals surface area contributed by atoms with Crippen molar-refractivity contribution in [1.29, 1.82) is 0 Å². The van der Waals surface area contributed by atoms with E-state index in [1.165, 1.54) is 37.6 Å². The molecule has 0 aliphatic carbocycles. The zero-order chi connectivity index (χ0) is 22.7. The van der Waals surface area contributed by atoms with Crippen LogP contribution in [0.1, 0.15) is 16.1 Å². The fourth-order valence-corrected chi connectivity index (χ4v) is 3.62. The monoisotopic (exact) mass is 437 g/mol. The number of nitrogens with zero attached hydrogens (tertiary/aromatic N) is 4. The zero-order valence-electron chi connectivity index (χ0n) is 17.9. The maximum absolute atomic E-state index is 13.1. The summed E-state index contributed by atoms with van der Waals surface area (Å²) in [5.41, 5.74) is 8.09. The number of anilines is 2. The third-order valence-electron chi connectivity index (χ3n) is 5.32. The molecule has 1 aliphatic rings. The second kappa shape index (κ2) is 9.09. The quantitative estimate of drug-likeness (QED) is 0.655. The molecule has 4 rings (SSSR count). The van der Waals surface area contributed by atoms with Crippen molar-refractivity contribution in [3.8, 4) is 17.2 Å². The Morgan fingerprint density at radius 3 is 2.41 bits per heavy atom. The highest BCUT2D eigenvalue weighted by molar-refractivity contribution is 5.93. The van der Waals surface area contributed by atoms with Gasteiger partial charge in [-0.25, -0.2) is 14.4 Å². The molecule has 0 unspecified atom stereocenters. The number of aryl methyl sites for hydroxylation is 1. The highest BCUT2D eigenvalue weighted by atomic mass is 19.1. The Kier molecular flexibility index (Phi) is 6.07. The van der Waals surface area contributed by atoms with Gasteiger partial charge in [0.1, 0.15) is 23.1 Å². The number of nitrogen functional groups attached to an aromatic ring is 1. The summed E-state index contributed by atoms with van der Waals surface area (Å²) in [5, 5.41) is 0. The molecule has 0 saturated carbocycles. The molecular formula is C23H24FN5O3. The van der Waals surface area contributed by atoms with Gasteiger partial charge in [0, 0.05) is 32.2 Å². The first-order chi connectivity index (χ1) is 15.4. The van der Waals surface area contributed by atoms with E-state index < -0.39 is 0 Å². The van der Waals surface area contributed by atoms with Crippen LogP contribution in [0.5, 0.6) is 17.2 Å². The zero-order valence-corrected chi connectivity index (χ0v) is 17.9. The molecule has 3 heterocycles. The average molecular weight is 437 g/mol. The molecule has 1 saturated heterocycles. The molecule has 2 N–H and O–H groups in total. The van der Waals surface area contributed by atoms with Crippen molar-refractivity contribution >= 4 is 17.4 Å². The summed E-state index contributed by atoms with van der Waals surface area (Å²) in [5.74, 6) is 1.11. The number of benzene rings is 1. The van der Waals surface area contributed by atoms with E-state index in [0.717, 1.165) is 11.3 Å². The number of carbonyl (C=O) groups is 1. The molecule has 8 nitrogen and oxygen atoms in total. The van der Waals surface area contributed by atoms with Crippen molar-refractivity contribution in [3.05, 3.63) is 65.9 Å². The van der Waals surface area contributed by atoms with Crippen LogP contribution >= 0.6 is 0 Å². The van der Waals surface area contributed by atoms with Gasteiger partial charge in [-0.2, -0.15) is 0 Å². The normalized spacial score (nSPS) is 13.7. The van der Waals surface area contributed by atoms with E-state index in [9.17, 15) is 9.18 Å². The summed E-state index contributed by atoms with van der Waals surface area (Å²) >= 11 is 0. The van der Waals surface area contributed by atoms with Gasteiger partial charge in [0.2, 0.25) is 0 Å². The van der Waals surface area contributed by atoms with Crippen LogP contribution in [0.15, 0.2) is 48.8 Å². The van der Waals surface area contributed by atoms with Gasteiger partial charge in [-0.1, -0.05) is 0 Å². The molecule has 1 amide bonds. The van der Waals surface area contributed by atoms with Crippen LogP contribution in [0.4, 0.5) is 15.9 Å². The molecule has 0 bridgehead atoms. The molecule has 32 heavy (non-hydrogen) atoms. The predicted octanol–water partition coefficient (Wildman–Crippen LogP) is 3.27. The van der Waals surface area contributed by atoms with E-state index in [-0.39, 0.29) is 17.4 Å². The third-order valence-corrected chi connectivity index (χ3v) is 5.32. The Bertz CT molecular complexity index is 1120. The topological polar surface area (TPSA) is 93.8 Å². The van der Waals surface area contributed by atoms with Gasteiger partial charge >= 0.3 is 0 Å². The van der Waals surface area contributed by atoms with Gasteiger partial charge < -0.3 is 25.0 Å². The molecule has 9 heteroatoms. The molecule has 1 aromatic carbocycles. The third kappa shape index (κ3) is 4.56. The lowest BCUT2D eigenvalue weighted by Crippen LogP contribution is -2.49. The fraction of sp³-hybridized carbons (Fsp3) is 0.261. The smallest absolute Gasteiger partial charge is 0.272 e. The second-order valence-electron chi connectivity index (χ2n) is 7.45. The second-order valence-corrected chi connectivity index (χ2v) is 7.45. The number of ether oxygens (including phenoxy) is 2. The summed E-state index contributed by atoms with van der Waals surface area (Å²) in [6.45, 7) is 4.47. The molecule has 0 radical (unpaired) electrons. The lowest BCUT2D eigenvalue weighted by atomic mass is 10.2. The molecule has 0 atom stereocenters. The van der Waals surface area contributed by atoms with Crippen LogP contribution < -0.4 is 20.1 Å². The SMILES string of the molecule is COc1cc(C(=O)N2CCN(c3cnc(N)cc3C)CC2)ncc1Oc1ccc(F)cc1. The van der Waals surface area contributed by atoms with Crippen LogP contribution in [-0.2, 0) is 0 Å². The lowest BCUT2D eigenvalue weighted by Gasteiger charge is -2.36. The lowest BCUT2D eigenvalue weighted by molar-refractivity contribution is 0.0740. The number of amides is 1. The number of rotatable bonds is 5. The number of carbonyl (C=O) groups excluding carboxylic acids is 1. The molecule has 2 aromatic heterocycles. The summed E-state index contributed by atoms with van der Waals surface area (Å²) in [6.07, 6.45) is 3.21. The van der Waals surface area contributed by atoms with Crippen molar-refractivity contribution in [3.63, 3.8) is 0 Å². The number of aromatic nitrogens is 2. The maximum atomic E-state index is 13.1. The molecule has 0 spiro atoms. The fourth-order valence-electron chi connectivity index (χ4n) is 3.62. The van der Waals surface area contributed by atoms with Gasteiger partial charge in [-0.3, -0.25) is 4.79 Å². The van der Waals surface area contributed by atoms with E-state index in [1.54, 1.807) is 17.2 Å². The standard InChI is InChI=1S/C23H24FN5O3/c1-15-11-22(25)27-13-19(15)28-7-9-29(10-8-28)23(30)18-12-20(31-2)21(14-26-18)32-17-5-3-16(24)4-6-17/h3-6,11-14H,7-10H2,1-2H3,(H2,25,27). The van der Waals surface area contributed by atoms with E-state index in [1.807, 2.05) is 13.0 Å². The number of hydrogen-bond donors (Lipinski definition) is 1. The van der Waals surface area contributed by atoms with Gasteiger partial charge in [-0.05, 0) is 42.8 Å². The van der Waals surface area contributed by atoms with Gasteiger partial charge in [-0.15, -0.1) is 0 Å². The Hall–Kier alpha value is -3.88. The van der Waals surface area contributed by atoms with Crippen molar-refractivity contribution in [2.24, 2.45) is 0 Å². The first-order valence-electron chi connectivity index (χ1n) is 10.2. The first kappa shape index (κ1) is 21.4. The molecule has 166 valence electrons. The number of hydrogen-bond acceptors (Lipinski definition) is 7. The van der Waals surface area contributed by atoms with E-state index in [4.69, 9.17) is 15.2 Å². The number of nitrogens with two attached hydrogens (primary N) is 1. The number of methoxy groups -OCH3 is 1. The highest BCUT2D eigenvalue weighted by Crippen LogP contribution is 2.31. The Labute approximate surface area is 185 Å². The van der Waals surface area contributed by atoms with E-state index in [0.29, 0.717) is 49.2 Å². The van der Waals surface area contributed by atoms with Gasteiger partial charge in [0.25, 0.3) is 5.91 Å². The van der Waals surface area contributed by atoms with Crippen LogP contribution in [0.3, 0.4) is 0 Å². The summed E-state index contributed by atoms with van der Waals surface area (Å²) in [7, 11) is 1.49. The Morgan fingerprint density at radius 1 is 1.03 bits per heavy atom. The van der Waals surface area contributed by atoms with Crippen molar-refractivity contribution in [1.82, 2.24) is 14.9 Å². The van der Waals surface area contributed by atoms with Gasteiger partial charge in [0.15, 0.2) is 11.5 Å². The molecule has 1 aliphatic heterocycles. The minimum atomic E-state index is -0.355. The number of pyridine rings is 2. The Balaban J connectivity index is 1.43. The summed E-state index contributed by atoms with van der Waals surface area (Å²) in [4.78, 5) is 25.4. The van der Waals surface area contributed by atoms with E-state index >= 15 is 0 Å². The first-order valence-corrected chi connectivity index (χ1v) is 10.2. The van der Waals surface area contributed by atoms with Crippen molar-refractivity contribution in [2.75, 3.05) is 43.9 Å². The van der Waals surface area contributed by atoms with E-state index in [2.05, 4.69) is 14.9 Å². The van der Waals surface area contributed by atoms with Crippen LogP contribution in [0, 0.1) is 12.7 Å². The van der Waals surface area contributed by atoms with Crippen LogP contribution in [0.2, 0.25) is 0 Å². The van der Waals surface area contributed by atoms with Crippen molar-refractivity contribution in [2.45, 2.75) is 6.92 Å². The van der Waals surface area contributed by atoms with Crippen LogP contribution in [-0.4, -0.2) is 54.1 Å². The predicted molar refractivity (Wildman–Crippen MR) is 119 cm³/mol. The highest BCUT2D eigenvalue weighted by Gasteiger charge is 2.25. The largest absolute Gasteiger partial charge is 0.493 e. The Morgan fingerprint density at radius 2 is 1.75 bits per heavy atom. The minimum absolute atomic E-state index is 0.177. The van der Waals surface area contributed by atoms with Gasteiger partial charge in [0.05, 0.1) is 25.2 Å². The minimum Gasteiger partial charge on any atom is -0.493 e. The average Bonchev–Trinajstić information content (AvgIpc) is 2.80. The van der Waals surface area contributed by atoms with Crippen LogP contribution in [0.25, 0.3) is 0 Å². The summed E-state index contributed by atoms with van der Waals surface area (Å²) < 4.78 is 24.2. The molecule has 3 aromatic rings. The summed E-state index contributed by atoms with van der Waals surface area (Å²) in [6, 6.07) is 9.01. The maximum Gasteiger partial charge on any atom is 0.272 e. The number of piperazine rings is 1.